The molecule has 1 aromatic heterocycles. The number of hydrogen-bond acceptors (Lipinski definition) is 2. The number of amides is 1. The molecule has 0 saturated heterocycles. The van der Waals surface area contributed by atoms with E-state index >= 15 is 0 Å². The molecule has 1 N–H and O–H groups in total. The zero-order valence-electron chi connectivity index (χ0n) is 8.95. The Bertz CT molecular complexity index is 568. The fourth-order valence-electron chi connectivity index (χ4n) is 1.32. The van der Waals surface area contributed by atoms with E-state index in [1.165, 1.54) is 23.0 Å². The number of rotatable bonds is 2. The fourth-order valence-corrected chi connectivity index (χ4v) is 1.43. The number of aryl methyl sites for hydroxylation is 1. The van der Waals surface area contributed by atoms with Gasteiger partial charge in [-0.05, 0) is 18.2 Å². The molecule has 4 nitrogen and oxygen atoms in total. The van der Waals surface area contributed by atoms with Crippen LogP contribution in [0.25, 0.3) is 0 Å². The van der Waals surface area contributed by atoms with Crippen molar-refractivity contribution in [2.45, 2.75) is 0 Å². The van der Waals surface area contributed by atoms with Gasteiger partial charge in [0, 0.05) is 18.9 Å². The first-order valence-corrected chi connectivity index (χ1v) is 5.19. The van der Waals surface area contributed by atoms with Gasteiger partial charge in [-0.15, -0.1) is 0 Å². The topological polar surface area (TPSA) is 46.9 Å². The van der Waals surface area contributed by atoms with Crippen molar-refractivity contribution in [3.05, 3.63) is 47.0 Å². The lowest BCUT2D eigenvalue weighted by atomic mass is 10.3. The predicted molar refractivity (Wildman–Crippen MR) is 62.6 cm³/mol. The van der Waals surface area contributed by atoms with Crippen LogP contribution in [0.2, 0.25) is 5.02 Å². The van der Waals surface area contributed by atoms with Crippen molar-refractivity contribution >= 4 is 23.2 Å². The standard InChI is InChI=1S/C11H9ClFN3O/c1-16-6-7(5-14-16)11(17)15-8-2-3-9(12)10(13)4-8/h2-6H,1H3,(H,15,17). The molecule has 0 aliphatic rings. The van der Waals surface area contributed by atoms with Crippen LogP contribution < -0.4 is 5.32 Å². The van der Waals surface area contributed by atoms with E-state index in [-0.39, 0.29) is 10.9 Å². The van der Waals surface area contributed by atoms with E-state index in [1.54, 1.807) is 13.2 Å². The highest BCUT2D eigenvalue weighted by molar-refractivity contribution is 6.30. The molecule has 0 atom stereocenters. The normalized spacial score (nSPS) is 10.3. The molecule has 1 aromatic carbocycles. The van der Waals surface area contributed by atoms with Gasteiger partial charge >= 0.3 is 0 Å². The van der Waals surface area contributed by atoms with E-state index in [9.17, 15) is 9.18 Å². The van der Waals surface area contributed by atoms with Crippen molar-refractivity contribution in [2.75, 3.05) is 5.32 Å². The Morgan fingerprint density at radius 2 is 2.29 bits per heavy atom. The molecule has 2 rings (SSSR count). The Balaban J connectivity index is 2.15. The minimum atomic E-state index is -0.573. The van der Waals surface area contributed by atoms with E-state index in [1.807, 2.05) is 0 Å². The maximum atomic E-state index is 13.1. The Morgan fingerprint density at radius 1 is 1.53 bits per heavy atom. The van der Waals surface area contributed by atoms with Crippen LogP contribution in [0.1, 0.15) is 10.4 Å². The van der Waals surface area contributed by atoms with Crippen LogP contribution in [0.4, 0.5) is 10.1 Å². The van der Waals surface area contributed by atoms with Crippen LogP contribution in [0.15, 0.2) is 30.6 Å². The molecule has 0 bridgehead atoms. The van der Waals surface area contributed by atoms with Gasteiger partial charge in [0.15, 0.2) is 0 Å². The van der Waals surface area contributed by atoms with Crippen molar-refractivity contribution in [1.29, 1.82) is 0 Å². The number of aromatic nitrogens is 2. The molecule has 0 fully saturated rings. The van der Waals surface area contributed by atoms with E-state index in [4.69, 9.17) is 11.6 Å². The van der Waals surface area contributed by atoms with Crippen LogP contribution >= 0.6 is 11.6 Å². The first-order chi connectivity index (χ1) is 8.06. The minimum absolute atomic E-state index is 0.0179. The van der Waals surface area contributed by atoms with Gasteiger partial charge in [-0.3, -0.25) is 9.48 Å². The Morgan fingerprint density at radius 3 is 2.88 bits per heavy atom. The molecule has 17 heavy (non-hydrogen) atoms. The summed E-state index contributed by atoms with van der Waals surface area (Å²) in [5.74, 6) is -0.921. The van der Waals surface area contributed by atoms with Crippen molar-refractivity contribution in [3.8, 4) is 0 Å². The lowest BCUT2D eigenvalue weighted by Crippen LogP contribution is -2.11. The summed E-state index contributed by atoms with van der Waals surface area (Å²) in [5.41, 5.74) is 0.753. The van der Waals surface area contributed by atoms with Crippen LogP contribution in [-0.4, -0.2) is 15.7 Å². The number of hydrogen-bond donors (Lipinski definition) is 1. The summed E-state index contributed by atoms with van der Waals surface area (Å²) in [6.45, 7) is 0. The highest BCUT2D eigenvalue weighted by atomic mass is 35.5. The minimum Gasteiger partial charge on any atom is -0.322 e. The molecule has 2 aromatic rings. The Kier molecular flexibility index (Phi) is 3.10. The second-order valence-electron chi connectivity index (χ2n) is 3.49. The summed E-state index contributed by atoms with van der Waals surface area (Å²) < 4.78 is 14.6. The van der Waals surface area contributed by atoms with Gasteiger partial charge in [-0.2, -0.15) is 5.10 Å². The van der Waals surface area contributed by atoms with Gasteiger partial charge in [-0.1, -0.05) is 11.6 Å². The van der Waals surface area contributed by atoms with E-state index in [0.717, 1.165) is 6.07 Å². The third-order valence-corrected chi connectivity index (χ3v) is 2.45. The molecule has 0 spiro atoms. The predicted octanol–water partition coefficient (Wildman–Crippen LogP) is 2.46. The zero-order chi connectivity index (χ0) is 12.4. The van der Waals surface area contributed by atoms with Gasteiger partial charge in [0.25, 0.3) is 5.91 Å². The molecular weight excluding hydrogens is 245 g/mol. The second-order valence-corrected chi connectivity index (χ2v) is 3.89. The van der Waals surface area contributed by atoms with Crippen molar-refractivity contribution in [3.63, 3.8) is 0 Å². The largest absolute Gasteiger partial charge is 0.322 e. The molecular formula is C11H9ClFN3O. The third-order valence-electron chi connectivity index (χ3n) is 2.14. The summed E-state index contributed by atoms with van der Waals surface area (Å²) in [5, 5.41) is 6.44. The average molecular weight is 254 g/mol. The molecule has 1 heterocycles. The summed E-state index contributed by atoms with van der Waals surface area (Å²) >= 11 is 5.54. The molecule has 0 unspecified atom stereocenters. The molecule has 0 aliphatic carbocycles. The molecule has 0 saturated carbocycles. The summed E-state index contributed by atoms with van der Waals surface area (Å²) in [7, 11) is 1.71. The molecule has 0 radical (unpaired) electrons. The Labute approximate surface area is 102 Å². The smallest absolute Gasteiger partial charge is 0.258 e. The van der Waals surface area contributed by atoms with Crippen LogP contribution in [0.5, 0.6) is 0 Å². The van der Waals surface area contributed by atoms with Crippen molar-refractivity contribution in [2.24, 2.45) is 7.05 Å². The maximum absolute atomic E-state index is 13.1. The lowest BCUT2D eigenvalue weighted by Gasteiger charge is -2.03. The van der Waals surface area contributed by atoms with E-state index < -0.39 is 5.82 Å². The van der Waals surface area contributed by atoms with E-state index in [0.29, 0.717) is 11.3 Å². The fraction of sp³-hybridized carbons (Fsp3) is 0.0909. The summed E-state index contributed by atoms with van der Waals surface area (Å²) in [6.07, 6.45) is 3.00. The molecule has 6 heteroatoms. The number of nitrogens with zero attached hydrogens (tertiary/aromatic N) is 2. The highest BCUT2D eigenvalue weighted by Crippen LogP contribution is 2.19. The van der Waals surface area contributed by atoms with Gasteiger partial charge in [-0.25, -0.2) is 4.39 Å². The van der Waals surface area contributed by atoms with Gasteiger partial charge in [0.2, 0.25) is 0 Å². The number of carbonyl (C=O) groups excluding carboxylic acids is 1. The monoisotopic (exact) mass is 253 g/mol. The number of carbonyl (C=O) groups is 1. The number of nitrogens with one attached hydrogen (secondary N) is 1. The number of benzene rings is 1. The third kappa shape index (κ3) is 2.62. The molecule has 1 amide bonds. The summed E-state index contributed by atoms with van der Waals surface area (Å²) in [6, 6.07) is 4.08. The van der Waals surface area contributed by atoms with Crippen LogP contribution in [-0.2, 0) is 7.05 Å². The number of halogens is 2. The van der Waals surface area contributed by atoms with Gasteiger partial charge < -0.3 is 5.32 Å². The molecule has 0 aliphatic heterocycles. The maximum Gasteiger partial charge on any atom is 0.258 e. The van der Waals surface area contributed by atoms with Gasteiger partial charge in [0.1, 0.15) is 5.82 Å². The van der Waals surface area contributed by atoms with Crippen LogP contribution in [0, 0.1) is 5.82 Å². The van der Waals surface area contributed by atoms with Crippen LogP contribution in [0.3, 0.4) is 0 Å². The average Bonchev–Trinajstić information content (AvgIpc) is 2.70. The van der Waals surface area contributed by atoms with Crippen molar-refractivity contribution < 1.29 is 9.18 Å². The van der Waals surface area contributed by atoms with Gasteiger partial charge in [0.05, 0.1) is 16.8 Å². The Hall–Kier alpha value is -1.88. The SMILES string of the molecule is Cn1cc(C(=O)Nc2ccc(Cl)c(F)c2)cn1. The molecule has 88 valence electrons. The highest BCUT2D eigenvalue weighted by Gasteiger charge is 2.09. The zero-order valence-corrected chi connectivity index (χ0v) is 9.70. The first kappa shape index (κ1) is 11.6. The summed E-state index contributed by atoms with van der Waals surface area (Å²) in [4.78, 5) is 11.7. The lowest BCUT2D eigenvalue weighted by molar-refractivity contribution is 0.102. The second kappa shape index (κ2) is 4.55. The number of anilines is 1. The first-order valence-electron chi connectivity index (χ1n) is 4.81. The van der Waals surface area contributed by atoms with Crippen molar-refractivity contribution in [1.82, 2.24) is 9.78 Å². The quantitative estimate of drug-likeness (QED) is 0.894. The van der Waals surface area contributed by atoms with E-state index in [2.05, 4.69) is 10.4 Å².